The third-order valence-electron chi connectivity index (χ3n) is 5.56. The zero-order chi connectivity index (χ0) is 28.1. The zero-order valence-electron chi connectivity index (χ0n) is 20.9. The summed E-state index contributed by atoms with van der Waals surface area (Å²) in [5, 5.41) is 5.26. The molecule has 0 radical (unpaired) electrons. The van der Waals surface area contributed by atoms with Crippen molar-refractivity contribution in [1.29, 1.82) is 0 Å². The SMILES string of the molecule is CCOc1cc(/C=C2\C(=O)NC(=O)N(c3cc(Cl)ccc3C)C2=O)cc(Br)c1OCC(=O)Nc1ccccc1. The van der Waals surface area contributed by atoms with Crippen molar-refractivity contribution in [1.82, 2.24) is 5.32 Å². The number of hydrogen-bond acceptors (Lipinski definition) is 6. The second-order valence-corrected chi connectivity index (χ2v) is 9.65. The fraction of sp³-hybridized carbons (Fsp3) is 0.143. The summed E-state index contributed by atoms with van der Waals surface area (Å²) >= 11 is 9.51. The van der Waals surface area contributed by atoms with Gasteiger partial charge in [-0.1, -0.05) is 35.9 Å². The number of amides is 5. The largest absolute Gasteiger partial charge is 0.490 e. The second kappa shape index (κ2) is 12.1. The van der Waals surface area contributed by atoms with Crippen molar-refractivity contribution in [3.63, 3.8) is 0 Å². The number of carbonyl (C=O) groups excluding carboxylic acids is 4. The van der Waals surface area contributed by atoms with Crippen molar-refractivity contribution >= 4 is 68.7 Å². The summed E-state index contributed by atoms with van der Waals surface area (Å²) in [6.45, 7) is 3.50. The number of rotatable bonds is 8. The van der Waals surface area contributed by atoms with Gasteiger partial charge in [-0.2, -0.15) is 0 Å². The Bertz CT molecular complexity index is 1490. The maximum absolute atomic E-state index is 13.3. The number of imide groups is 2. The average molecular weight is 613 g/mol. The Morgan fingerprint density at radius 1 is 1.08 bits per heavy atom. The predicted molar refractivity (Wildman–Crippen MR) is 151 cm³/mol. The van der Waals surface area contributed by atoms with E-state index in [-0.39, 0.29) is 41.9 Å². The normalized spacial score (nSPS) is 14.3. The van der Waals surface area contributed by atoms with Crippen LogP contribution in [-0.4, -0.2) is 37.0 Å². The van der Waals surface area contributed by atoms with Gasteiger partial charge < -0.3 is 14.8 Å². The first-order valence-corrected chi connectivity index (χ1v) is 13.0. The van der Waals surface area contributed by atoms with Gasteiger partial charge in [0.2, 0.25) is 0 Å². The highest BCUT2D eigenvalue weighted by atomic mass is 79.9. The summed E-state index contributed by atoms with van der Waals surface area (Å²) < 4.78 is 11.9. The van der Waals surface area contributed by atoms with Crippen LogP contribution in [0.2, 0.25) is 5.02 Å². The monoisotopic (exact) mass is 611 g/mol. The average Bonchev–Trinajstić information content (AvgIpc) is 2.89. The van der Waals surface area contributed by atoms with Crippen LogP contribution in [0.4, 0.5) is 16.2 Å². The molecule has 11 heteroatoms. The van der Waals surface area contributed by atoms with Crippen molar-refractivity contribution in [2.24, 2.45) is 0 Å². The van der Waals surface area contributed by atoms with E-state index in [1.54, 1.807) is 62.4 Å². The molecule has 0 aromatic heterocycles. The van der Waals surface area contributed by atoms with Gasteiger partial charge in [-0.3, -0.25) is 19.7 Å². The lowest BCUT2D eigenvalue weighted by atomic mass is 10.1. The van der Waals surface area contributed by atoms with Gasteiger partial charge in [-0.15, -0.1) is 0 Å². The summed E-state index contributed by atoms with van der Waals surface area (Å²) in [5.74, 6) is -1.46. The number of benzene rings is 3. The molecule has 1 aliphatic heterocycles. The van der Waals surface area contributed by atoms with Gasteiger partial charge in [-0.05, 0) is 83.4 Å². The van der Waals surface area contributed by atoms with E-state index in [2.05, 4.69) is 26.6 Å². The molecule has 2 N–H and O–H groups in total. The number of nitrogens with zero attached hydrogens (tertiary/aromatic N) is 1. The Morgan fingerprint density at radius 2 is 1.82 bits per heavy atom. The predicted octanol–water partition coefficient (Wildman–Crippen LogP) is 5.49. The van der Waals surface area contributed by atoms with Crippen LogP contribution in [0, 0.1) is 6.92 Å². The van der Waals surface area contributed by atoms with Crippen LogP contribution in [-0.2, 0) is 14.4 Å². The lowest BCUT2D eigenvalue weighted by Gasteiger charge is -2.27. The minimum absolute atomic E-state index is 0.261. The Kier molecular flexibility index (Phi) is 8.68. The first kappa shape index (κ1) is 27.9. The van der Waals surface area contributed by atoms with E-state index in [1.165, 1.54) is 12.1 Å². The summed E-state index contributed by atoms with van der Waals surface area (Å²) in [5.41, 5.74) is 1.67. The second-order valence-electron chi connectivity index (χ2n) is 8.35. The molecule has 4 rings (SSSR count). The van der Waals surface area contributed by atoms with Gasteiger partial charge in [-0.25, -0.2) is 9.69 Å². The van der Waals surface area contributed by atoms with Gasteiger partial charge in [0, 0.05) is 10.7 Å². The van der Waals surface area contributed by atoms with Gasteiger partial charge in [0.1, 0.15) is 5.57 Å². The molecule has 9 nitrogen and oxygen atoms in total. The van der Waals surface area contributed by atoms with E-state index >= 15 is 0 Å². The molecule has 1 saturated heterocycles. The molecule has 39 heavy (non-hydrogen) atoms. The van der Waals surface area contributed by atoms with Crippen LogP contribution in [0.3, 0.4) is 0 Å². The molecule has 5 amide bonds. The molecule has 0 atom stereocenters. The highest BCUT2D eigenvalue weighted by Gasteiger charge is 2.37. The zero-order valence-corrected chi connectivity index (χ0v) is 23.3. The fourth-order valence-electron chi connectivity index (χ4n) is 3.80. The van der Waals surface area contributed by atoms with Gasteiger partial charge in [0.15, 0.2) is 18.1 Å². The molecular formula is C28H23BrClN3O6. The van der Waals surface area contributed by atoms with Crippen molar-refractivity contribution in [3.8, 4) is 11.5 Å². The number of carbonyl (C=O) groups is 4. The quantitative estimate of drug-likeness (QED) is 0.257. The maximum Gasteiger partial charge on any atom is 0.335 e. The van der Waals surface area contributed by atoms with Crippen molar-refractivity contribution in [2.75, 3.05) is 23.4 Å². The Morgan fingerprint density at radius 3 is 2.54 bits per heavy atom. The molecule has 0 aliphatic carbocycles. The van der Waals surface area contributed by atoms with Crippen LogP contribution >= 0.6 is 27.5 Å². The van der Waals surface area contributed by atoms with E-state index in [4.69, 9.17) is 21.1 Å². The van der Waals surface area contributed by atoms with Crippen LogP contribution in [0.25, 0.3) is 6.08 Å². The van der Waals surface area contributed by atoms with Crippen molar-refractivity contribution in [3.05, 3.63) is 86.9 Å². The van der Waals surface area contributed by atoms with Crippen molar-refractivity contribution in [2.45, 2.75) is 13.8 Å². The molecule has 1 fully saturated rings. The molecule has 0 saturated carbocycles. The molecule has 0 bridgehead atoms. The number of aryl methyl sites for hydroxylation is 1. The van der Waals surface area contributed by atoms with Crippen LogP contribution in [0.5, 0.6) is 11.5 Å². The Balaban J connectivity index is 1.61. The number of urea groups is 1. The Labute approximate surface area is 237 Å². The molecule has 0 unspecified atom stereocenters. The molecule has 1 aliphatic rings. The first-order valence-electron chi connectivity index (χ1n) is 11.8. The standard InChI is InChI=1S/C28H23BrClN3O6/c1-3-38-23-13-17(12-21(29)25(23)39-15-24(34)31-19-7-5-4-6-8-19)11-20-26(35)32-28(37)33(27(20)36)22-14-18(30)10-9-16(22)2/h4-14H,3,15H2,1-2H3,(H,31,34)(H,32,35,37)/b20-11+. The Hall–Kier alpha value is -4.15. The summed E-state index contributed by atoms with van der Waals surface area (Å²) in [6, 6.07) is 16.0. The van der Waals surface area contributed by atoms with Crippen LogP contribution in [0.15, 0.2) is 70.7 Å². The summed E-state index contributed by atoms with van der Waals surface area (Å²) in [4.78, 5) is 51.8. The van der Waals surface area contributed by atoms with Gasteiger partial charge in [0.05, 0.1) is 16.8 Å². The minimum atomic E-state index is -0.874. The molecular weight excluding hydrogens is 590 g/mol. The third kappa shape index (κ3) is 6.47. The molecule has 0 spiro atoms. The molecule has 3 aromatic carbocycles. The number of hydrogen-bond donors (Lipinski definition) is 2. The highest BCUT2D eigenvalue weighted by Crippen LogP contribution is 2.38. The summed E-state index contributed by atoms with van der Waals surface area (Å²) in [6.07, 6.45) is 1.34. The minimum Gasteiger partial charge on any atom is -0.490 e. The van der Waals surface area contributed by atoms with Gasteiger partial charge >= 0.3 is 6.03 Å². The van der Waals surface area contributed by atoms with E-state index in [9.17, 15) is 19.2 Å². The number of anilines is 2. The fourth-order valence-corrected chi connectivity index (χ4v) is 4.54. The van der Waals surface area contributed by atoms with Crippen LogP contribution < -0.4 is 25.0 Å². The number of barbiturate groups is 1. The number of ether oxygens (including phenoxy) is 2. The van der Waals surface area contributed by atoms with Crippen LogP contribution in [0.1, 0.15) is 18.1 Å². The maximum atomic E-state index is 13.3. The van der Waals surface area contributed by atoms with Gasteiger partial charge in [0.25, 0.3) is 17.7 Å². The van der Waals surface area contributed by atoms with E-state index in [0.717, 1.165) is 4.90 Å². The lowest BCUT2D eigenvalue weighted by Crippen LogP contribution is -2.54. The molecule has 200 valence electrons. The lowest BCUT2D eigenvalue weighted by molar-refractivity contribution is -0.122. The summed E-state index contributed by atoms with van der Waals surface area (Å²) in [7, 11) is 0. The first-order chi connectivity index (χ1) is 18.7. The smallest absolute Gasteiger partial charge is 0.335 e. The highest BCUT2D eigenvalue weighted by molar-refractivity contribution is 9.10. The topological polar surface area (TPSA) is 114 Å². The number of nitrogens with one attached hydrogen (secondary N) is 2. The number of para-hydroxylation sites is 1. The molecule has 3 aromatic rings. The van der Waals surface area contributed by atoms with E-state index < -0.39 is 17.8 Å². The third-order valence-corrected chi connectivity index (χ3v) is 6.39. The van der Waals surface area contributed by atoms with E-state index in [0.29, 0.717) is 26.3 Å². The molecule has 1 heterocycles. The van der Waals surface area contributed by atoms with E-state index in [1.807, 2.05) is 6.07 Å². The van der Waals surface area contributed by atoms with Crippen molar-refractivity contribution < 1.29 is 28.7 Å². The number of halogens is 2.